The number of amides is 3. The minimum atomic E-state index is -0.486. The number of piperazine rings is 1. The van der Waals surface area contributed by atoms with Gasteiger partial charge in [-0.2, -0.15) is 0 Å². The average Bonchev–Trinajstić information content (AvgIpc) is 2.67. The first-order chi connectivity index (χ1) is 13.9. The number of urea groups is 1. The lowest BCUT2D eigenvalue weighted by atomic mass is 10.1. The summed E-state index contributed by atoms with van der Waals surface area (Å²) in [5.41, 5.74) is 5.47. The van der Waals surface area contributed by atoms with Crippen molar-refractivity contribution in [1.82, 2.24) is 15.1 Å². The Bertz CT molecular complexity index is 873. The molecule has 0 atom stereocenters. The summed E-state index contributed by atoms with van der Waals surface area (Å²) in [6.07, 6.45) is 0. The predicted octanol–water partition coefficient (Wildman–Crippen LogP) is 3.08. The second-order valence-electron chi connectivity index (χ2n) is 7.80. The first-order valence-electron chi connectivity index (χ1n) is 10.1. The van der Waals surface area contributed by atoms with Gasteiger partial charge in [0.15, 0.2) is 0 Å². The molecule has 0 aromatic heterocycles. The van der Waals surface area contributed by atoms with Gasteiger partial charge in [-0.15, -0.1) is 0 Å². The van der Waals surface area contributed by atoms with Crippen molar-refractivity contribution in [2.24, 2.45) is 0 Å². The molecule has 0 aliphatic carbocycles. The molecule has 3 amide bonds. The zero-order valence-corrected chi connectivity index (χ0v) is 17.5. The third-order valence-corrected chi connectivity index (χ3v) is 5.37. The monoisotopic (exact) mass is 394 g/mol. The highest BCUT2D eigenvalue weighted by molar-refractivity contribution is 6.02. The Balaban J connectivity index is 1.41. The Labute approximate surface area is 172 Å². The molecule has 2 aromatic carbocycles. The molecule has 0 saturated carbocycles. The fourth-order valence-electron chi connectivity index (χ4n) is 3.61. The van der Waals surface area contributed by atoms with Gasteiger partial charge in [0.1, 0.15) is 0 Å². The molecule has 6 heteroatoms. The van der Waals surface area contributed by atoms with E-state index in [2.05, 4.69) is 51.6 Å². The van der Waals surface area contributed by atoms with Gasteiger partial charge in [-0.1, -0.05) is 42.0 Å². The van der Waals surface area contributed by atoms with Crippen LogP contribution in [0.3, 0.4) is 0 Å². The minimum absolute atomic E-state index is 0.235. The van der Waals surface area contributed by atoms with Crippen molar-refractivity contribution in [3.8, 4) is 0 Å². The summed E-state index contributed by atoms with van der Waals surface area (Å²) >= 11 is 0. The lowest BCUT2D eigenvalue weighted by Gasteiger charge is -2.34. The highest BCUT2D eigenvalue weighted by Crippen LogP contribution is 2.16. The van der Waals surface area contributed by atoms with Gasteiger partial charge in [0.05, 0.1) is 6.54 Å². The van der Waals surface area contributed by atoms with Crippen molar-refractivity contribution in [1.29, 1.82) is 0 Å². The average molecular weight is 395 g/mol. The minimum Gasteiger partial charge on any atom is -0.307 e. The van der Waals surface area contributed by atoms with Crippen LogP contribution in [0.4, 0.5) is 10.5 Å². The number of aryl methyl sites for hydroxylation is 3. The number of carbonyl (C=O) groups excluding carboxylic acids is 2. The number of hydrogen-bond donors (Lipinski definition) is 2. The summed E-state index contributed by atoms with van der Waals surface area (Å²) in [7, 11) is 0. The summed E-state index contributed by atoms with van der Waals surface area (Å²) in [6.45, 7) is 10.7. The van der Waals surface area contributed by atoms with E-state index in [0.717, 1.165) is 43.9 Å². The second-order valence-corrected chi connectivity index (χ2v) is 7.80. The van der Waals surface area contributed by atoms with Crippen molar-refractivity contribution in [3.63, 3.8) is 0 Å². The SMILES string of the molecule is Cc1ccc(NC(=O)NC(=O)CN2CCN(Cc3ccccc3C)CC2)c(C)c1. The first-order valence-corrected chi connectivity index (χ1v) is 10.1. The number of benzene rings is 2. The molecule has 154 valence electrons. The van der Waals surface area contributed by atoms with Crippen molar-refractivity contribution in [2.75, 3.05) is 38.0 Å². The number of hydrogen-bond acceptors (Lipinski definition) is 4. The highest BCUT2D eigenvalue weighted by atomic mass is 16.2. The van der Waals surface area contributed by atoms with E-state index < -0.39 is 6.03 Å². The normalized spacial score (nSPS) is 15.1. The van der Waals surface area contributed by atoms with Crippen LogP contribution < -0.4 is 10.6 Å². The number of anilines is 1. The topological polar surface area (TPSA) is 64.7 Å². The van der Waals surface area contributed by atoms with E-state index in [9.17, 15) is 9.59 Å². The molecule has 29 heavy (non-hydrogen) atoms. The van der Waals surface area contributed by atoms with Gasteiger partial charge < -0.3 is 5.32 Å². The summed E-state index contributed by atoms with van der Waals surface area (Å²) in [5.74, 6) is -0.278. The molecule has 1 fully saturated rings. The third-order valence-electron chi connectivity index (χ3n) is 5.37. The van der Waals surface area contributed by atoms with E-state index in [4.69, 9.17) is 0 Å². The molecule has 0 bridgehead atoms. The Morgan fingerprint density at radius 3 is 2.28 bits per heavy atom. The lowest BCUT2D eigenvalue weighted by molar-refractivity contribution is -0.121. The third kappa shape index (κ3) is 6.14. The van der Waals surface area contributed by atoms with Crippen LogP contribution in [0.2, 0.25) is 0 Å². The van der Waals surface area contributed by atoms with Crippen molar-refractivity contribution in [2.45, 2.75) is 27.3 Å². The van der Waals surface area contributed by atoms with Gasteiger partial charge in [0.25, 0.3) is 0 Å². The second kappa shape index (κ2) is 9.67. The zero-order chi connectivity index (χ0) is 20.8. The quantitative estimate of drug-likeness (QED) is 0.818. The maximum atomic E-state index is 12.2. The van der Waals surface area contributed by atoms with Crippen LogP contribution in [0.1, 0.15) is 22.3 Å². The van der Waals surface area contributed by atoms with E-state index in [1.54, 1.807) is 0 Å². The number of imide groups is 1. The summed E-state index contributed by atoms with van der Waals surface area (Å²) in [6, 6.07) is 13.7. The van der Waals surface area contributed by atoms with Crippen molar-refractivity contribution >= 4 is 17.6 Å². The largest absolute Gasteiger partial charge is 0.325 e. The van der Waals surface area contributed by atoms with E-state index >= 15 is 0 Å². The van der Waals surface area contributed by atoms with Crippen LogP contribution in [-0.4, -0.2) is 54.5 Å². The molecule has 0 radical (unpaired) electrons. The molecular weight excluding hydrogens is 364 g/mol. The van der Waals surface area contributed by atoms with Crippen LogP contribution in [-0.2, 0) is 11.3 Å². The lowest BCUT2D eigenvalue weighted by Crippen LogP contribution is -2.50. The molecule has 0 unspecified atom stereocenters. The van der Waals surface area contributed by atoms with Gasteiger partial charge in [-0.3, -0.25) is 19.9 Å². The van der Waals surface area contributed by atoms with Gasteiger partial charge in [-0.25, -0.2) is 4.79 Å². The van der Waals surface area contributed by atoms with Gasteiger partial charge in [0.2, 0.25) is 5.91 Å². The molecule has 1 aliphatic rings. The number of rotatable bonds is 5. The standard InChI is InChI=1S/C23H30N4O2/c1-17-8-9-21(19(3)14-17)24-23(29)25-22(28)16-27-12-10-26(11-13-27)15-20-7-5-4-6-18(20)2/h4-9,14H,10-13,15-16H2,1-3H3,(H2,24,25,28,29). The van der Waals surface area contributed by atoms with Gasteiger partial charge in [-0.05, 0) is 43.5 Å². The smallest absolute Gasteiger partial charge is 0.307 e. The molecule has 2 N–H and O–H groups in total. The van der Waals surface area contributed by atoms with E-state index in [1.165, 1.54) is 11.1 Å². The molecule has 1 heterocycles. The molecule has 1 aliphatic heterocycles. The van der Waals surface area contributed by atoms with Crippen molar-refractivity contribution in [3.05, 3.63) is 64.7 Å². The van der Waals surface area contributed by atoms with Crippen LogP contribution in [0, 0.1) is 20.8 Å². The summed E-state index contributed by atoms with van der Waals surface area (Å²) in [5, 5.41) is 5.18. The van der Waals surface area contributed by atoms with E-state index in [0.29, 0.717) is 5.69 Å². The van der Waals surface area contributed by atoms with Crippen LogP contribution in [0.5, 0.6) is 0 Å². The first kappa shape index (κ1) is 21.0. The fraction of sp³-hybridized carbons (Fsp3) is 0.391. The Morgan fingerprint density at radius 2 is 1.59 bits per heavy atom. The molecule has 6 nitrogen and oxygen atoms in total. The van der Waals surface area contributed by atoms with Gasteiger partial charge in [0, 0.05) is 38.4 Å². The number of nitrogens with one attached hydrogen (secondary N) is 2. The van der Waals surface area contributed by atoms with Crippen molar-refractivity contribution < 1.29 is 9.59 Å². The fourth-order valence-corrected chi connectivity index (χ4v) is 3.61. The Morgan fingerprint density at radius 1 is 0.897 bits per heavy atom. The number of carbonyl (C=O) groups is 2. The highest BCUT2D eigenvalue weighted by Gasteiger charge is 2.20. The Hall–Kier alpha value is -2.70. The van der Waals surface area contributed by atoms with Gasteiger partial charge >= 0.3 is 6.03 Å². The number of nitrogens with zero attached hydrogens (tertiary/aromatic N) is 2. The maximum Gasteiger partial charge on any atom is 0.325 e. The van der Waals surface area contributed by atoms with Crippen LogP contribution >= 0.6 is 0 Å². The van der Waals surface area contributed by atoms with E-state index in [1.807, 2.05) is 32.0 Å². The van der Waals surface area contributed by atoms with E-state index in [-0.39, 0.29) is 12.5 Å². The predicted molar refractivity (Wildman–Crippen MR) is 116 cm³/mol. The van der Waals surface area contributed by atoms with Crippen LogP contribution in [0.15, 0.2) is 42.5 Å². The molecule has 0 spiro atoms. The van der Waals surface area contributed by atoms with Crippen LogP contribution in [0.25, 0.3) is 0 Å². The summed E-state index contributed by atoms with van der Waals surface area (Å²) in [4.78, 5) is 28.9. The molecule has 3 rings (SSSR count). The molecule has 1 saturated heterocycles. The molecular formula is C23H30N4O2. The summed E-state index contributed by atoms with van der Waals surface area (Å²) < 4.78 is 0. The Kier molecular flexibility index (Phi) is 7.01. The molecule has 2 aromatic rings. The maximum absolute atomic E-state index is 12.2. The zero-order valence-electron chi connectivity index (χ0n) is 17.5.